The average Bonchev–Trinajstić information content (AvgIpc) is 2.62. The Morgan fingerprint density at radius 2 is 1.96 bits per heavy atom. The summed E-state index contributed by atoms with van der Waals surface area (Å²) in [6.45, 7) is 4.36. The lowest BCUT2D eigenvalue weighted by Crippen LogP contribution is -2.48. The van der Waals surface area contributed by atoms with Crippen LogP contribution in [0.1, 0.15) is 34.6 Å². The van der Waals surface area contributed by atoms with Gasteiger partial charge in [-0.25, -0.2) is 4.98 Å². The van der Waals surface area contributed by atoms with Crippen LogP contribution in [0.3, 0.4) is 0 Å². The fourth-order valence-corrected chi connectivity index (χ4v) is 2.98. The maximum absolute atomic E-state index is 12.8. The minimum atomic E-state index is -0.0484. The Bertz CT molecular complexity index is 677. The number of pyridine rings is 1. The zero-order chi connectivity index (χ0) is 16.2. The van der Waals surface area contributed by atoms with E-state index in [1.807, 2.05) is 4.90 Å². The second-order valence-electron chi connectivity index (χ2n) is 5.68. The van der Waals surface area contributed by atoms with Gasteiger partial charge in [-0.15, -0.1) is 24.8 Å². The number of aromatic nitrogens is 1. The van der Waals surface area contributed by atoms with Gasteiger partial charge in [-0.05, 0) is 29.7 Å². The Hall–Kier alpha value is -1.33. The summed E-state index contributed by atoms with van der Waals surface area (Å²) in [7, 11) is 0. The Balaban J connectivity index is 0.00000156. The van der Waals surface area contributed by atoms with Gasteiger partial charge in [0.15, 0.2) is 0 Å². The number of amides is 1. The van der Waals surface area contributed by atoms with Crippen molar-refractivity contribution in [3.05, 3.63) is 64.4 Å². The van der Waals surface area contributed by atoms with Crippen molar-refractivity contribution in [2.24, 2.45) is 0 Å². The highest BCUT2D eigenvalue weighted by Crippen LogP contribution is 2.24. The van der Waals surface area contributed by atoms with E-state index in [0.717, 1.165) is 25.1 Å². The molecule has 1 aromatic carbocycles. The predicted octanol–water partition coefficient (Wildman–Crippen LogP) is 3.93. The van der Waals surface area contributed by atoms with Crippen LogP contribution in [0, 0.1) is 0 Å². The van der Waals surface area contributed by atoms with E-state index < -0.39 is 0 Å². The van der Waals surface area contributed by atoms with Crippen LogP contribution in [-0.4, -0.2) is 35.4 Å². The molecule has 1 aromatic heterocycles. The average molecular weight is 403 g/mol. The van der Waals surface area contributed by atoms with Crippen molar-refractivity contribution in [1.29, 1.82) is 0 Å². The molecule has 0 radical (unpaired) electrons. The second kappa shape index (κ2) is 9.97. The number of benzene rings is 1. The third kappa shape index (κ3) is 5.08. The minimum absolute atomic E-state index is 0. The van der Waals surface area contributed by atoms with E-state index in [1.54, 1.807) is 12.1 Å². The van der Waals surface area contributed by atoms with Gasteiger partial charge in [0.25, 0.3) is 5.91 Å². The molecule has 1 unspecified atom stereocenters. The smallest absolute Gasteiger partial charge is 0.273 e. The Morgan fingerprint density at radius 3 is 2.56 bits per heavy atom. The van der Waals surface area contributed by atoms with Crippen LogP contribution < -0.4 is 5.32 Å². The van der Waals surface area contributed by atoms with Crippen LogP contribution >= 0.6 is 36.4 Å². The van der Waals surface area contributed by atoms with Gasteiger partial charge < -0.3 is 10.2 Å². The third-order valence-corrected chi connectivity index (χ3v) is 4.45. The van der Waals surface area contributed by atoms with Crippen molar-refractivity contribution in [3.8, 4) is 0 Å². The molecule has 136 valence electrons. The normalized spacial score (nSPS) is 16.6. The van der Waals surface area contributed by atoms with Crippen LogP contribution in [0.2, 0.25) is 5.02 Å². The summed E-state index contributed by atoms with van der Waals surface area (Å²) in [5.41, 5.74) is 2.89. The molecule has 1 amide bonds. The van der Waals surface area contributed by atoms with Gasteiger partial charge in [-0.3, -0.25) is 4.79 Å². The van der Waals surface area contributed by atoms with Gasteiger partial charge in [0.2, 0.25) is 0 Å². The molecule has 7 heteroatoms. The lowest BCUT2D eigenvalue weighted by molar-refractivity contribution is 0.0628. The summed E-state index contributed by atoms with van der Waals surface area (Å²) in [4.78, 5) is 18.9. The highest BCUT2D eigenvalue weighted by molar-refractivity contribution is 6.30. The third-order valence-electron chi connectivity index (χ3n) is 4.22. The van der Waals surface area contributed by atoms with E-state index in [4.69, 9.17) is 11.6 Å². The number of halogens is 3. The number of nitrogens with zero attached hydrogens (tertiary/aromatic N) is 2. The van der Waals surface area contributed by atoms with Crippen LogP contribution in [0.4, 0.5) is 0 Å². The number of nitrogens with one attached hydrogen (secondary N) is 1. The summed E-state index contributed by atoms with van der Waals surface area (Å²) in [6.07, 6.45) is 2.53. The van der Waals surface area contributed by atoms with Crippen molar-refractivity contribution < 1.29 is 4.79 Å². The first-order chi connectivity index (χ1) is 11.2. The molecule has 4 nitrogen and oxygen atoms in total. The van der Waals surface area contributed by atoms with Crippen LogP contribution in [0.5, 0.6) is 0 Å². The van der Waals surface area contributed by atoms with Gasteiger partial charge in [0.1, 0.15) is 5.69 Å². The van der Waals surface area contributed by atoms with Gasteiger partial charge >= 0.3 is 0 Å². The fourth-order valence-electron chi connectivity index (χ4n) is 2.87. The quantitative estimate of drug-likeness (QED) is 0.846. The zero-order valence-corrected chi connectivity index (χ0v) is 16.3. The highest BCUT2D eigenvalue weighted by atomic mass is 35.5. The number of rotatable bonds is 3. The largest absolute Gasteiger partial charge is 0.328 e. The highest BCUT2D eigenvalue weighted by Gasteiger charge is 2.29. The van der Waals surface area contributed by atoms with Crippen LogP contribution in [0.25, 0.3) is 0 Å². The lowest BCUT2D eigenvalue weighted by atomic mass is 10.0. The monoisotopic (exact) mass is 401 g/mol. The molecule has 0 bridgehead atoms. The van der Waals surface area contributed by atoms with Crippen LogP contribution in [0.15, 0.2) is 42.6 Å². The van der Waals surface area contributed by atoms with E-state index in [1.165, 1.54) is 11.8 Å². The molecule has 0 aliphatic carbocycles. The molecule has 1 fully saturated rings. The molecule has 1 N–H and O–H groups in total. The molecule has 0 saturated carbocycles. The summed E-state index contributed by atoms with van der Waals surface area (Å²) in [5, 5.41) is 3.91. The van der Waals surface area contributed by atoms with E-state index in [2.05, 4.69) is 41.5 Å². The van der Waals surface area contributed by atoms with E-state index >= 15 is 0 Å². The zero-order valence-electron chi connectivity index (χ0n) is 13.9. The van der Waals surface area contributed by atoms with Gasteiger partial charge in [0, 0.05) is 25.8 Å². The first-order valence-corrected chi connectivity index (χ1v) is 8.29. The number of hydrogen-bond donors (Lipinski definition) is 1. The van der Waals surface area contributed by atoms with E-state index in [9.17, 15) is 4.79 Å². The maximum Gasteiger partial charge on any atom is 0.273 e. The summed E-state index contributed by atoms with van der Waals surface area (Å²) in [6, 6.07) is 11.9. The Morgan fingerprint density at radius 1 is 1.24 bits per heavy atom. The molecule has 1 aliphatic rings. The molecule has 1 saturated heterocycles. The molecule has 0 spiro atoms. The molecule has 25 heavy (non-hydrogen) atoms. The van der Waals surface area contributed by atoms with Crippen molar-refractivity contribution >= 4 is 42.3 Å². The number of aryl methyl sites for hydroxylation is 1. The molecular formula is C18H22Cl3N3O. The molecule has 2 aromatic rings. The first-order valence-electron chi connectivity index (χ1n) is 7.91. The van der Waals surface area contributed by atoms with Crippen LogP contribution in [-0.2, 0) is 6.42 Å². The minimum Gasteiger partial charge on any atom is -0.328 e. The van der Waals surface area contributed by atoms with Gasteiger partial charge in [0.05, 0.1) is 11.1 Å². The summed E-state index contributed by atoms with van der Waals surface area (Å²) >= 11 is 5.86. The molecule has 2 heterocycles. The fraction of sp³-hybridized carbons (Fsp3) is 0.333. The number of carbonyl (C=O) groups excluding carboxylic acids is 1. The second-order valence-corrected chi connectivity index (χ2v) is 6.11. The number of piperazine rings is 1. The first kappa shape index (κ1) is 21.7. The van der Waals surface area contributed by atoms with Crippen molar-refractivity contribution in [2.45, 2.75) is 19.4 Å². The predicted molar refractivity (Wildman–Crippen MR) is 106 cm³/mol. The summed E-state index contributed by atoms with van der Waals surface area (Å²) in [5.74, 6) is -0.0484. The molecule has 1 atom stereocenters. The van der Waals surface area contributed by atoms with Crippen molar-refractivity contribution in [1.82, 2.24) is 15.2 Å². The molecule has 1 aliphatic heterocycles. The van der Waals surface area contributed by atoms with Gasteiger partial charge in [-0.1, -0.05) is 42.8 Å². The Kier molecular flexibility index (Phi) is 8.66. The topological polar surface area (TPSA) is 45.2 Å². The lowest BCUT2D eigenvalue weighted by Gasteiger charge is -2.36. The number of hydrogen-bond acceptors (Lipinski definition) is 3. The standard InChI is InChI=1S/C18H20ClN3O.2ClH/c1-2-13-3-5-14(6-4-13)17-12-20-9-10-22(17)18(23)16-8-7-15(19)11-21-16;;/h3-8,11,17,20H,2,9-10,12H2,1H3;2*1H. The molecule has 3 rings (SSSR count). The Labute approximate surface area is 165 Å². The van der Waals surface area contributed by atoms with E-state index in [0.29, 0.717) is 17.3 Å². The van der Waals surface area contributed by atoms with Gasteiger partial charge in [-0.2, -0.15) is 0 Å². The molecular weight excluding hydrogens is 381 g/mol. The van der Waals surface area contributed by atoms with Crippen molar-refractivity contribution in [3.63, 3.8) is 0 Å². The van der Waals surface area contributed by atoms with E-state index in [-0.39, 0.29) is 36.8 Å². The maximum atomic E-state index is 12.8. The number of carbonyl (C=O) groups is 1. The van der Waals surface area contributed by atoms with Crippen molar-refractivity contribution in [2.75, 3.05) is 19.6 Å². The SMILES string of the molecule is CCc1ccc(C2CNCCN2C(=O)c2ccc(Cl)cn2)cc1.Cl.Cl. The summed E-state index contributed by atoms with van der Waals surface area (Å²) < 4.78 is 0.